The van der Waals surface area contributed by atoms with Gasteiger partial charge in [-0.15, -0.1) is 10.2 Å². The van der Waals surface area contributed by atoms with Gasteiger partial charge in [-0.25, -0.2) is 0 Å². The first-order valence-corrected chi connectivity index (χ1v) is 8.07. The highest BCUT2D eigenvalue weighted by atomic mass is 15.3. The second kappa shape index (κ2) is 6.77. The quantitative estimate of drug-likeness (QED) is 0.530. The van der Waals surface area contributed by atoms with E-state index in [9.17, 15) is 0 Å². The molecule has 2 aromatic rings. The van der Waals surface area contributed by atoms with Crippen molar-refractivity contribution in [3.63, 3.8) is 0 Å². The van der Waals surface area contributed by atoms with Gasteiger partial charge in [-0.3, -0.25) is 9.39 Å². The number of aliphatic imine (C=N–C) groups is 1. The Labute approximate surface area is 131 Å². The number of nitrogens with two attached hydrogens (primary N) is 1. The molecule has 2 N–H and O–H groups in total. The van der Waals surface area contributed by atoms with Crippen LogP contribution in [0.1, 0.15) is 32.0 Å². The van der Waals surface area contributed by atoms with Crippen LogP contribution < -0.4 is 5.73 Å². The normalized spacial score (nSPS) is 17.3. The second-order valence-electron chi connectivity index (χ2n) is 6.06. The van der Waals surface area contributed by atoms with Crippen LogP contribution in [0.4, 0.5) is 0 Å². The number of pyridine rings is 1. The second-order valence-corrected chi connectivity index (χ2v) is 6.06. The number of fused-ring (bicyclic) bond motifs is 1. The van der Waals surface area contributed by atoms with Gasteiger partial charge in [-0.2, -0.15) is 0 Å². The summed E-state index contributed by atoms with van der Waals surface area (Å²) in [5.41, 5.74) is 6.98. The molecule has 0 saturated carbocycles. The van der Waals surface area contributed by atoms with Crippen molar-refractivity contribution >= 4 is 11.6 Å². The summed E-state index contributed by atoms with van der Waals surface area (Å²) in [6.07, 6.45) is 6.21. The van der Waals surface area contributed by atoms with Crippen molar-refractivity contribution < 1.29 is 0 Å². The molecule has 0 bridgehead atoms. The topological polar surface area (TPSA) is 71.8 Å². The van der Waals surface area contributed by atoms with Gasteiger partial charge in [0.05, 0.1) is 0 Å². The van der Waals surface area contributed by atoms with Crippen molar-refractivity contribution in [2.24, 2.45) is 16.6 Å². The van der Waals surface area contributed by atoms with Crippen LogP contribution in [0, 0.1) is 5.92 Å². The molecule has 0 amide bonds. The lowest BCUT2D eigenvalue weighted by Crippen LogP contribution is -2.42. The van der Waals surface area contributed by atoms with Gasteiger partial charge >= 0.3 is 0 Å². The minimum Gasteiger partial charge on any atom is -0.370 e. The van der Waals surface area contributed by atoms with Crippen LogP contribution in [0.5, 0.6) is 0 Å². The van der Waals surface area contributed by atoms with Crippen molar-refractivity contribution in [2.45, 2.75) is 32.6 Å². The highest BCUT2D eigenvalue weighted by molar-refractivity contribution is 5.78. The van der Waals surface area contributed by atoms with Crippen LogP contribution in [0.3, 0.4) is 0 Å². The number of rotatable bonds is 4. The molecule has 0 aromatic carbocycles. The predicted molar refractivity (Wildman–Crippen MR) is 87.8 cm³/mol. The van der Waals surface area contributed by atoms with Gasteiger partial charge in [0, 0.05) is 32.3 Å². The Morgan fingerprint density at radius 1 is 1.32 bits per heavy atom. The molecular weight excluding hydrogens is 276 g/mol. The molecule has 0 aliphatic carbocycles. The Hall–Kier alpha value is -2.11. The molecule has 2 aromatic heterocycles. The molecule has 3 rings (SSSR count). The van der Waals surface area contributed by atoms with E-state index in [0.717, 1.165) is 49.9 Å². The molecule has 1 aliphatic rings. The SMILES string of the molecule is CC1CCN(C(N)=NCCCc2nnc3ccccn23)CC1. The van der Waals surface area contributed by atoms with Crippen LogP contribution in [0.2, 0.25) is 0 Å². The zero-order valence-electron chi connectivity index (χ0n) is 13.1. The Bertz CT molecular complexity index is 639. The van der Waals surface area contributed by atoms with Gasteiger partial charge in [0.25, 0.3) is 0 Å². The monoisotopic (exact) mass is 300 g/mol. The molecule has 0 unspecified atom stereocenters. The van der Waals surface area contributed by atoms with E-state index in [0.29, 0.717) is 5.96 Å². The number of guanidine groups is 1. The molecule has 6 heteroatoms. The van der Waals surface area contributed by atoms with E-state index < -0.39 is 0 Å². The molecule has 1 aliphatic heterocycles. The molecular formula is C16H24N6. The van der Waals surface area contributed by atoms with Crippen molar-refractivity contribution in [3.8, 4) is 0 Å². The lowest BCUT2D eigenvalue weighted by Gasteiger charge is -2.31. The number of piperidine rings is 1. The van der Waals surface area contributed by atoms with Crippen molar-refractivity contribution in [3.05, 3.63) is 30.2 Å². The Morgan fingerprint density at radius 3 is 2.95 bits per heavy atom. The highest BCUT2D eigenvalue weighted by Gasteiger charge is 2.16. The van der Waals surface area contributed by atoms with E-state index in [1.54, 1.807) is 0 Å². The van der Waals surface area contributed by atoms with Gasteiger partial charge in [0.2, 0.25) is 0 Å². The van der Waals surface area contributed by atoms with Crippen molar-refractivity contribution in [1.82, 2.24) is 19.5 Å². The maximum Gasteiger partial charge on any atom is 0.191 e. The standard InChI is InChI=1S/C16H24N6/c1-13-7-11-21(12-8-13)16(17)18-9-4-6-15-20-19-14-5-2-3-10-22(14)15/h2-3,5,10,13H,4,6-9,11-12H2,1H3,(H2,17,18). The van der Waals surface area contributed by atoms with E-state index in [2.05, 4.69) is 27.0 Å². The predicted octanol–water partition coefficient (Wildman–Crippen LogP) is 1.71. The third kappa shape index (κ3) is 3.37. The van der Waals surface area contributed by atoms with Gasteiger partial charge < -0.3 is 10.6 Å². The van der Waals surface area contributed by atoms with E-state index >= 15 is 0 Å². The zero-order chi connectivity index (χ0) is 15.4. The van der Waals surface area contributed by atoms with E-state index in [1.807, 2.05) is 28.8 Å². The Balaban J connectivity index is 1.49. The molecule has 22 heavy (non-hydrogen) atoms. The molecule has 0 atom stereocenters. The molecule has 0 spiro atoms. The van der Waals surface area contributed by atoms with Gasteiger partial charge in [0.1, 0.15) is 5.82 Å². The Kier molecular flexibility index (Phi) is 4.56. The van der Waals surface area contributed by atoms with Gasteiger partial charge in [0.15, 0.2) is 11.6 Å². The Morgan fingerprint density at radius 2 is 2.14 bits per heavy atom. The first-order chi connectivity index (χ1) is 10.7. The van der Waals surface area contributed by atoms with E-state index in [-0.39, 0.29) is 0 Å². The zero-order valence-corrected chi connectivity index (χ0v) is 13.1. The van der Waals surface area contributed by atoms with Crippen molar-refractivity contribution in [1.29, 1.82) is 0 Å². The first kappa shape index (κ1) is 14.8. The number of aromatic nitrogens is 3. The third-order valence-electron chi connectivity index (χ3n) is 4.32. The molecule has 1 fully saturated rings. The summed E-state index contributed by atoms with van der Waals surface area (Å²) >= 11 is 0. The number of hydrogen-bond donors (Lipinski definition) is 1. The molecule has 3 heterocycles. The fourth-order valence-corrected chi connectivity index (χ4v) is 2.83. The smallest absolute Gasteiger partial charge is 0.191 e. The largest absolute Gasteiger partial charge is 0.370 e. The van der Waals surface area contributed by atoms with Crippen LogP contribution in [-0.2, 0) is 6.42 Å². The summed E-state index contributed by atoms with van der Waals surface area (Å²) in [7, 11) is 0. The van der Waals surface area contributed by atoms with Crippen LogP contribution in [0.15, 0.2) is 29.4 Å². The molecule has 118 valence electrons. The van der Waals surface area contributed by atoms with Gasteiger partial charge in [-0.05, 0) is 37.3 Å². The summed E-state index contributed by atoms with van der Waals surface area (Å²) in [6, 6.07) is 5.93. The number of nitrogens with zero attached hydrogens (tertiary/aromatic N) is 5. The summed E-state index contributed by atoms with van der Waals surface area (Å²) in [5.74, 6) is 2.49. The first-order valence-electron chi connectivity index (χ1n) is 8.07. The minimum absolute atomic E-state index is 0.693. The lowest BCUT2D eigenvalue weighted by atomic mass is 10.00. The average molecular weight is 300 g/mol. The van der Waals surface area contributed by atoms with Crippen molar-refractivity contribution in [2.75, 3.05) is 19.6 Å². The van der Waals surface area contributed by atoms with Crippen LogP contribution in [0.25, 0.3) is 5.65 Å². The summed E-state index contributed by atoms with van der Waals surface area (Å²) in [4.78, 5) is 6.72. The third-order valence-corrected chi connectivity index (χ3v) is 4.32. The maximum atomic E-state index is 6.09. The van der Waals surface area contributed by atoms with Crippen LogP contribution in [-0.4, -0.2) is 45.1 Å². The summed E-state index contributed by atoms with van der Waals surface area (Å²) < 4.78 is 2.03. The molecule has 0 radical (unpaired) electrons. The summed E-state index contributed by atoms with van der Waals surface area (Å²) in [6.45, 7) is 5.10. The fraction of sp³-hybridized carbons (Fsp3) is 0.562. The van der Waals surface area contributed by atoms with Crippen LogP contribution >= 0.6 is 0 Å². The molecule has 6 nitrogen and oxygen atoms in total. The number of aryl methyl sites for hydroxylation is 1. The average Bonchev–Trinajstić information content (AvgIpc) is 2.95. The lowest BCUT2D eigenvalue weighted by molar-refractivity contribution is 0.277. The summed E-state index contributed by atoms with van der Waals surface area (Å²) in [5, 5.41) is 8.39. The fourth-order valence-electron chi connectivity index (χ4n) is 2.83. The van der Waals surface area contributed by atoms with Gasteiger partial charge in [-0.1, -0.05) is 13.0 Å². The maximum absolute atomic E-state index is 6.09. The number of hydrogen-bond acceptors (Lipinski definition) is 3. The van der Waals surface area contributed by atoms with E-state index in [1.165, 1.54) is 12.8 Å². The number of likely N-dealkylation sites (tertiary alicyclic amines) is 1. The highest BCUT2D eigenvalue weighted by Crippen LogP contribution is 2.15. The molecule has 1 saturated heterocycles. The van der Waals surface area contributed by atoms with E-state index in [4.69, 9.17) is 5.73 Å². The minimum atomic E-state index is 0.693.